The summed E-state index contributed by atoms with van der Waals surface area (Å²) in [6.07, 6.45) is 7.78. The molecule has 0 bridgehead atoms. The lowest BCUT2D eigenvalue weighted by molar-refractivity contribution is 0.630. The smallest absolute Gasteiger partial charge is 0.264 e. The molecule has 0 aliphatic heterocycles. The molecule has 2 saturated carbocycles. The molecule has 3 heterocycles. The SMILES string of the molecule is Cn1nc(C2CC2)nc1Cn1cnc2c(cnn2C2CC2)c1=O. The summed E-state index contributed by atoms with van der Waals surface area (Å²) < 4.78 is 5.22. The second-order valence-electron chi connectivity index (χ2n) is 6.52. The highest BCUT2D eigenvalue weighted by Gasteiger charge is 2.29. The Labute approximate surface area is 131 Å². The van der Waals surface area contributed by atoms with Crippen molar-refractivity contribution in [2.45, 2.75) is 44.2 Å². The summed E-state index contributed by atoms with van der Waals surface area (Å²) in [5.41, 5.74) is 0.614. The van der Waals surface area contributed by atoms with Gasteiger partial charge in [0.2, 0.25) is 0 Å². The van der Waals surface area contributed by atoms with E-state index in [1.54, 1.807) is 21.8 Å². The second kappa shape index (κ2) is 4.50. The van der Waals surface area contributed by atoms with Crippen LogP contribution < -0.4 is 5.56 Å². The molecule has 2 aliphatic rings. The molecule has 5 rings (SSSR count). The Morgan fingerprint density at radius 1 is 1.26 bits per heavy atom. The zero-order valence-electron chi connectivity index (χ0n) is 12.9. The first-order valence-electron chi connectivity index (χ1n) is 8.03. The van der Waals surface area contributed by atoms with Crippen molar-refractivity contribution in [1.82, 2.24) is 34.1 Å². The predicted octanol–water partition coefficient (Wildman–Crippen LogP) is 0.982. The van der Waals surface area contributed by atoms with Crippen LogP contribution in [0, 0.1) is 0 Å². The van der Waals surface area contributed by atoms with Gasteiger partial charge in [0.25, 0.3) is 5.56 Å². The van der Waals surface area contributed by atoms with Crippen molar-refractivity contribution in [1.29, 1.82) is 0 Å². The van der Waals surface area contributed by atoms with Crippen LogP contribution in [0.5, 0.6) is 0 Å². The lowest BCUT2D eigenvalue weighted by Gasteiger charge is -2.05. The topological polar surface area (TPSA) is 83.4 Å². The predicted molar refractivity (Wildman–Crippen MR) is 82.1 cm³/mol. The molecule has 0 saturated heterocycles. The maximum atomic E-state index is 12.7. The van der Waals surface area contributed by atoms with E-state index in [1.807, 2.05) is 11.7 Å². The summed E-state index contributed by atoms with van der Waals surface area (Å²) >= 11 is 0. The molecule has 3 aromatic heterocycles. The summed E-state index contributed by atoms with van der Waals surface area (Å²) in [5, 5.41) is 9.35. The highest BCUT2D eigenvalue weighted by molar-refractivity contribution is 5.73. The normalized spacial score (nSPS) is 18.0. The van der Waals surface area contributed by atoms with E-state index in [2.05, 4.69) is 20.2 Å². The third kappa shape index (κ3) is 2.08. The van der Waals surface area contributed by atoms with Crippen molar-refractivity contribution in [2.75, 3.05) is 0 Å². The second-order valence-corrected chi connectivity index (χ2v) is 6.52. The van der Waals surface area contributed by atoms with Gasteiger partial charge < -0.3 is 0 Å². The van der Waals surface area contributed by atoms with Crippen LogP contribution in [0.25, 0.3) is 11.0 Å². The molecule has 0 atom stereocenters. The summed E-state index contributed by atoms with van der Waals surface area (Å²) in [4.78, 5) is 21.7. The summed E-state index contributed by atoms with van der Waals surface area (Å²) in [5.74, 6) is 2.18. The van der Waals surface area contributed by atoms with Crippen LogP contribution in [0.1, 0.15) is 49.3 Å². The van der Waals surface area contributed by atoms with Gasteiger partial charge in [-0.25, -0.2) is 14.6 Å². The maximum Gasteiger partial charge on any atom is 0.264 e. The highest BCUT2D eigenvalue weighted by atomic mass is 16.1. The van der Waals surface area contributed by atoms with Gasteiger partial charge in [-0.15, -0.1) is 0 Å². The third-order valence-electron chi connectivity index (χ3n) is 4.60. The van der Waals surface area contributed by atoms with Gasteiger partial charge in [-0.1, -0.05) is 0 Å². The van der Waals surface area contributed by atoms with E-state index in [0.717, 1.165) is 37.3 Å². The molecule has 0 radical (unpaired) electrons. The van der Waals surface area contributed by atoms with E-state index in [9.17, 15) is 4.79 Å². The molecule has 2 fully saturated rings. The molecular formula is C15H17N7O. The Morgan fingerprint density at radius 3 is 2.83 bits per heavy atom. The van der Waals surface area contributed by atoms with Gasteiger partial charge in [-0.3, -0.25) is 14.0 Å². The Balaban J connectivity index is 1.53. The zero-order chi connectivity index (χ0) is 15.6. The molecule has 0 spiro atoms. The Hall–Kier alpha value is -2.51. The largest absolute Gasteiger partial charge is 0.291 e. The molecule has 0 N–H and O–H groups in total. The van der Waals surface area contributed by atoms with Crippen molar-refractivity contribution in [2.24, 2.45) is 7.05 Å². The number of rotatable bonds is 4. The Morgan fingerprint density at radius 2 is 2.09 bits per heavy atom. The van der Waals surface area contributed by atoms with Gasteiger partial charge in [-0.2, -0.15) is 10.2 Å². The van der Waals surface area contributed by atoms with Crippen molar-refractivity contribution < 1.29 is 0 Å². The highest BCUT2D eigenvalue weighted by Crippen LogP contribution is 2.38. The van der Waals surface area contributed by atoms with E-state index in [1.165, 1.54) is 0 Å². The van der Waals surface area contributed by atoms with E-state index in [4.69, 9.17) is 0 Å². The standard InChI is InChI=1S/C15H17N7O/c1-20-12(18-13(19-20)9-2-3-9)7-21-8-16-14-11(15(21)23)6-17-22(14)10-4-5-10/h6,8-10H,2-5,7H2,1H3. The summed E-state index contributed by atoms with van der Waals surface area (Å²) in [6, 6.07) is 0.412. The zero-order valence-corrected chi connectivity index (χ0v) is 12.9. The number of nitrogens with zero attached hydrogens (tertiary/aromatic N) is 7. The van der Waals surface area contributed by atoms with Crippen LogP contribution in [0.4, 0.5) is 0 Å². The minimum absolute atomic E-state index is 0.0714. The Kier molecular flexibility index (Phi) is 2.54. The first-order chi connectivity index (χ1) is 11.2. The first-order valence-corrected chi connectivity index (χ1v) is 8.03. The molecule has 2 aliphatic carbocycles. The van der Waals surface area contributed by atoms with Crippen LogP contribution in [-0.2, 0) is 13.6 Å². The molecule has 23 heavy (non-hydrogen) atoms. The van der Waals surface area contributed by atoms with Crippen molar-refractivity contribution in [3.8, 4) is 0 Å². The van der Waals surface area contributed by atoms with Gasteiger partial charge in [0.1, 0.15) is 17.5 Å². The number of hydrogen-bond acceptors (Lipinski definition) is 5. The van der Waals surface area contributed by atoms with Crippen LogP contribution >= 0.6 is 0 Å². The fourth-order valence-electron chi connectivity index (χ4n) is 2.91. The third-order valence-corrected chi connectivity index (χ3v) is 4.60. The fourth-order valence-corrected chi connectivity index (χ4v) is 2.91. The number of hydrogen-bond donors (Lipinski definition) is 0. The van der Waals surface area contributed by atoms with Crippen LogP contribution in [0.15, 0.2) is 17.3 Å². The maximum absolute atomic E-state index is 12.7. The fraction of sp³-hybridized carbons (Fsp3) is 0.533. The van der Waals surface area contributed by atoms with E-state index in [0.29, 0.717) is 29.5 Å². The minimum atomic E-state index is -0.0714. The Bertz CT molecular complexity index is 958. The number of fused-ring (bicyclic) bond motifs is 1. The average Bonchev–Trinajstić information content (AvgIpc) is 3.46. The molecule has 0 unspecified atom stereocenters. The van der Waals surface area contributed by atoms with E-state index < -0.39 is 0 Å². The monoisotopic (exact) mass is 311 g/mol. The molecule has 0 amide bonds. The van der Waals surface area contributed by atoms with Gasteiger partial charge >= 0.3 is 0 Å². The van der Waals surface area contributed by atoms with Gasteiger partial charge in [0.05, 0.1) is 18.8 Å². The molecule has 0 aromatic carbocycles. The van der Waals surface area contributed by atoms with Crippen molar-refractivity contribution in [3.63, 3.8) is 0 Å². The molecular weight excluding hydrogens is 294 g/mol. The number of aryl methyl sites for hydroxylation is 1. The van der Waals surface area contributed by atoms with Crippen LogP contribution in [0.3, 0.4) is 0 Å². The molecule has 118 valence electrons. The van der Waals surface area contributed by atoms with Crippen LogP contribution in [-0.4, -0.2) is 34.1 Å². The lowest BCUT2D eigenvalue weighted by Crippen LogP contribution is -2.22. The van der Waals surface area contributed by atoms with Gasteiger partial charge in [0.15, 0.2) is 11.5 Å². The van der Waals surface area contributed by atoms with Crippen LogP contribution in [0.2, 0.25) is 0 Å². The van der Waals surface area contributed by atoms with Crippen molar-refractivity contribution in [3.05, 3.63) is 34.5 Å². The number of aromatic nitrogens is 7. The van der Waals surface area contributed by atoms with E-state index >= 15 is 0 Å². The quantitative estimate of drug-likeness (QED) is 0.717. The summed E-state index contributed by atoms with van der Waals surface area (Å²) in [7, 11) is 1.87. The molecule has 8 heteroatoms. The van der Waals surface area contributed by atoms with E-state index in [-0.39, 0.29) is 5.56 Å². The van der Waals surface area contributed by atoms with Gasteiger partial charge in [0, 0.05) is 13.0 Å². The minimum Gasteiger partial charge on any atom is -0.291 e. The first kappa shape index (κ1) is 13.0. The van der Waals surface area contributed by atoms with Crippen molar-refractivity contribution >= 4 is 11.0 Å². The van der Waals surface area contributed by atoms with Gasteiger partial charge in [-0.05, 0) is 25.7 Å². The summed E-state index contributed by atoms with van der Waals surface area (Å²) in [6.45, 7) is 0.382. The average molecular weight is 311 g/mol. The molecule has 8 nitrogen and oxygen atoms in total. The molecule has 3 aromatic rings. The lowest BCUT2D eigenvalue weighted by atomic mass is 10.4.